The van der Waals surface area contributed by atoms with E-state index in [9.17, 15) is 0 Å². The van der Waals surface area contributed by atoms with Crippen LogP contribution in [0.4, 0.5) is 0 Å². The lowest BCUT2D eigenvalue weighted by molar-refractivity contribution is 0.114. The number of oxime groups is 4. The molecule has 1 atom stereocenters. The smallest absolute Gasteiger partial charge is 0.165 e. The highest BCUT2D eigenvalue weighted by atomic mass is 32.2. The summed E-state index contributed by atoms with van der Waals surface area (Å²) >= 11 is 1.56. The van der Waals surface area contributed by atoms with Crippen molar-refractivity contribution in [2.45, 2.75) is 20.0 Å². The van der Waals surface area contributed by atoms with Gasteiger partial charge in [0.1, 0.15) is 26.5 Å². The molecule has 0 bridgehead atoms. The molecule has 0 aliphatic carbocycles. The van der Waals surface area contributed by atoms with E-state index in [1.807, 2.05) is 31.2 Å². The Morgan fingerprint density at radius 1 is 1.27 bits per heavy atom. The first kappa shape index (κ1) is 19.8. The molecule has 0 N–H and O–H groups in total. The second-order valence-corrected chi connectivity index (χ2v) is 6.27. The molecule has 1 aromatic rings. The van der Waals surface area contributed by atoms with Crippen molar-refractivity contribution in [3.63, 3.8) is 0 Å². The first-order chi connectivity index (χ1) is 12.7. The molecule has 1 aromatic carbocycles. The molecule has 0 amide bonds. The summed E-state index contributed by atoms with van der Waals surface area (Å²) in [4.78, 5) is 20.3. The lowest BCUT2D eigenvalue weighted by Crippen LogP contribution is -2.20. The first-order valence-corrected chi connectivity index (χ1v) is 8.96. The molecule has 9 heteroatoms. The van der Waals surface area contributed by atoms with E-state index in [1.165, 1.54) is 14.2 Å². The van der Waals surface area contributed by atoms with Crippen molar-refractivity contribution < 1.29 is 19.4 Å². The Labute approximate surface area is 156 Å². The normalized spacial score (nSPS) is 16.7. The maximum Gasteiger partial charge on any atom is 0.165 e. The van der Waals surface area contributed by atoms with E-state index in [4.69, 9.17) is 19.4 Å². The van der Waals surface area contributed by atoms with Gasteiger partial charge in [-0.05, 0) is 13.8 Å². The molecule has 140 valence electrons. The number of benzene rings is 1. The third-order valence-electron chi connectivity index (χ3n) is 3.40. The van der Waals surface area contributed by atoms with Gasteiger partial charge in [0.2, 0.25) is 0 Å². The van der Waals surface area contributed by atoms with E-state index < -0.39 is 0 Å². The number of hydrogen-bond acceptors (Lipinski definition) is 9. The summed E-state index contributed by atoms with van der Waals surface area (Å²) in [5, 5.41) is 16.8. The largest absolute Gasteiger partial charge is 0.399 e. The predicted octanol–water partition coefficient (Wildman–Crippen LogP) is 2.88. The van der Waals surface area contributed by atoms with E-state index in [0.717, 1.165) is 16.9 Å². The van der Waals surface area contributed by atoms with Crippen LogP contribution >= 0.6 is 11.8 Å². The average Bonchev–Trinajstić information content (AvgIpc) is 2.67. The average molecular weight is 378 g/mol. The molecule has 8 nitrogen and oxygen atoms in total. The summed E-state index contributed by atoms with van der Waals surface area (Å²) in [7, 11) is 2.98. The van der Waals surface area contributed by atoms with E-state index in [0.29, 0.717) is 23.1 Å². The van der Waals surface area contributed by atoms with Crippen LogP contribution in [0.5, 0.6) is 0 Å². The maximum atomic E-state index is 5.43. The Kier molecular flexibility index (Phi) is 7.94. The van der Waals surface area contributed by atoms with Crippen molar-refractivity contribution >= 4 is 34.4 Å². The van der Waals surface area contributed by atoms with Crippen LogP contribution in [0, 0.1) is 0 Å². The van der Waals surface area contributed by atoms with Gasteiger partial charge < -0.3 is 19.4 Å². The van der Waals surface area contributed by atoms with Crippen LogP contribution in [0.15, 0.2) is 44.9 Å². The third kappa shape index (κ3) is 5.48. The molecule has 0 spiro atoms. The number of nitrogens with zero attached hydrogens (tertiary/aromatic N) is 4. The van der Waals surface area contributed by atoms with Crippen LogP contribution in [-0.2, 0) is 19.4 Å². The molecule has 0 aromatic heterocycles. The van der Waals surface area contributed by atoms with E-state index in [1.54, 1.807) is 24.9 Å². The highest BCUT2D eigenvalue weighted by molar-refractivity contribution is 8.15. The van der Waals surface area contributed by atoms with Gasteiger partial charge in [0.05, 0.1) is 11.9 Å². The summed E-state index contributed by atoms with van der Waals surface area (Å²) < 4.78 is 0. The van der Waals surface area contributed by atoms with Crippen molar-refractivity contribution in [1.82, 2.24) is 0 Å². The summed E-state index contributed by atoms with van der Waals surface area (Å²) in [6.07, 6.45) is 1.31. The molecular formula is C17H22N4O4S. The van der Waals surface area contributed by atoms with Crippen LogP contribution in [0.2, 0.25) is 0 Å². The predicted molar refractivity (Wildman–Crippen MR) is 104 cm³/mol. The van der Waals surface area contributed by atoms with Crippen LogP contribution in [0.3, 0.4) is 0 Å². The van der Waals surface area contributed by atoms with Crippen LogP contribution in [-0.4, -0.2) is 55.4 Å². The Balaban J connectivity index is 2.23. The minimum atomic E-state index is -0.308. The highest BCUT2D eigenvalue weighted by Gasteiger charge is 2.20. The Morgan fingerprint density at radius 3 is 2.73 bits per heavy atom. The lowest BCUT2D eigenvalue weighted by Gasteiger charge is -2.14. The summed E-state index contributed by atoms with van der Waals surface area (Å²) in [6.45, 7) is 4.22. The lowest BCUT2D eigenvalue weighted by atomic mass is 10.0. The standard InChI is InChI=1S/C17H22N4O4S/c1-12(19-22-3)13(2)25-18-11-14-7-5-6-8-15(14)16(20-23-4)17-21-24-9-10-26-17/h5-8,11,13H,9-10H2,1-4H3/b18-11+,19-12+,20-16+. The molecule has 26 heavy (non-hydrogen) atoms. The number of thioether (sulfide) groups is 1. The quantitative estimate of drug-likeness (QED) is 0.513. The molecule has 0 saturated heterocycles. The van der Waals surface area contributed by atoms with Gasteiger partial charge >= 0.3 is 0 Å². The van der Waals surface area contributed by atoms with Crippen molar-refractivity contribution in [2.75, 3.05) is 26.6 Å². The van der Waals surface area contributed by atoms with Gasteiger partial charge in [-0.3, -0.25) is 0 Å². The van der Waals surface area contributed by atoms with Gasteiger partial charge in [-0.25, -0.2) is 0 Å². The van der Waals surface area contributed by atoms with Crippen molar-refractivity contribution in [1.29, 1.82) is 0 Å². The molecule has 1 heterocycles. The van der Waals surface area contributed by atoms with Crippen LogP contribution < -0.4 is 0 Å². The molecular weight excluding hydrogens is 356 g/mol. The molecule has 2 rings (SSSR count). The fraction of sp³-hybridized carbons (Fsp3) is 0.412. The minimum absolute atomic E-state index is 0.308. The van der Waals surface area contributed by atoms with Crippen molar-refractivity contribution in [3.8, 4) is 0 Å². The topological polar surface area (TPSA) is 86.4 Å². The molecule has 0 radical (unpaired) electrons. The minimum Gasteiger partial charge on any atom is -0.399 e. The van der Waals surface area contributed by atoms with E-state index in [2.05, 4.69) is 20.6 Å². The Hall–Kier alpha value is -2.55. The molecule has 1 aliphatic heterocycles. The highest BCUT2D eigenvalue weighted by Crippen LogP contribution is 2.18. The van der Waals surface area contributed by atoms with Crippen LogP contribution in [0.1, 0.15) is 25.0 Å². The SMILES string of the molecule is CO/N=C(/C1=NOCCS1)c1ccccc1/C=N/OC(C)/C(C)=N/OC. The summed E-state index contributed by atoms with van der Waals surface area (Å²) in [6, 6.07) is 7.63. The zero-order valence-corrected chi connectivity index (χ0v) is 16.0. The van der Waals surface area contributed by atoms with E-state index in [-0.39, 0.29) is 6.10 Å². The van der Waals surface area contributed by atoms with Gasteiger partial charge in [-0.15, -0.1) is 0 Å². The van der Waals surface area contributed by atoms with Gasteiger partial charge in [-0.1, -0.05) is 56.7 Å². The van der Waals surface area contributed by atoms with Crippen molar-refractivity contribution in [2.24, 2.45) is 20.6 Å². The fourth-order valence-corrected chi connectivity index (χ4v) is 2.75. The molecule has 1 aliphatic rings. The summed E-state index contributed by atoms with van der Waals surface area (Å²) in [5.41, 5.74) is 2.90. The van der Waals surface area contributed by atoms with Gasteiger partial charge in [0.15, 0.2) is 11.1 Å². The number of hydrogen-bond donors (Lipinski definition) is 0. The summed E-state index contributed by atoms with van der Waals surface area (Å²) in [5.74, 6) is 0.802. The Morgan fingerprint density at radius 2 is 2.04 bits per heavy atom. The molecule has 0 saturated carbocycles. The zero-order chi connectivity index (χ0) is 18.8. The maximum absolute atomic E-state index is 5.43. The molecule has 1 unspecified atom stereocenters. The van der Waals surface area contributed by atoms with Gasteiger partial charge in [-0.2, -0.15) is 0 Å². The second kappa shape index (κ2) is 10.4. The van der Waals surface area contributed by atoms with Gasteiger partial charge in [0.25, 0.3) is 0 Å². The fourth-order valence-electron chi connectivity index (χ4n) is 2.01. The zero-order valence-electron chi connectivity index (χ0n) is 15.2. The van der Waals surface area contributed by atoms with Gasteiger partial charge in [0, 0.05) is 16.9 Å². The van der Waals surface area contributed by atoms with Crippen molar-refractivity contribution in [3.05, 3.63) is 35.4 Å². The Bertz CT molecular complexity index is 718. The van der Waals surface area contributed by atoms with E-state index >= 15 is 0 Å². The monoisotopic (exact) mass is 378 g/mol. The van der Waals surface area contributed by atoms with Crippen LogP contribution in [0.25, 0.3) is 0 Å². The number of rotatable bonds is 8. The third-order valence-corrected chi connectivity index (χ3v) is 4.31. The second-order valence-electron chi connectivity index (χ2n) is 5.19. The first-order valence-electron chi connectivity index (χ1n) is 7.98. The molecule has 0 fully saturated rings.